The first-order valence-electron chi connectivity index (χ1n) is 5.49. The standard InChI is InChI=1S/C11H15BrN2O3/c1-7-8(12)9(15)14-10(13-7)11(16-2)3-5-17-6-4-11/h3-6H2,1-2H3,(H,13,14,15). The zero-order chi connectivity index (χ0) is 12.5. The van der Waals surface area contributed by atoms with Crippen molar-refractivity contribution < 1.29 is 9.47 Å². The van der Waals surface area contributed by atoms with E-state index in [0.29, 0.717) is 42.0 Å². The topological polar surface area (TPSA) is 64.2 Å². The van der Waals surface area contributed by atoms with Crippen LogP contribution < -0.4 is 5.56 Å². The van der Waals surface area contributed by atoms with Crippen molar-refractivity contribution in [1.82, 2.24) is 9.97 Å². The molecule has 2 rings (SSSR count). The van der Waals surface area contributed by atoms with Gasteiger partial charge in [0.15, 0.2) is 0 Å². The molecular weight excluding hydrogens is 288 g/mol. The number of ether oxygens (including phenoxy) is 2. The predicted octanol–water partition coefficient (Wildman–Crippen LogP) is 1.49. The summed E-state index contributed by atoms with van der Waals surface area (Å²) in [5, 5.41) is 0. The highest BCUT2D eigenvalue weighted by molar-refractivity contribution is 9.10. The zero-order valence-corrected chi connectivity index (χ0v) is 11.5. The Morgan fingerprint density at radius 1 is 1.47 bits per heavy atom. The van der Waals surface area contributed by atoms with Crippen molar-refractivity contribution in [2.75, 3.05) is 20.3 Å². The number of nitrogens with one attached hydrogen (secondary N) is 1. The normalized spacial score (nSPS) is 19.2. The largest absolute Gasteiger partial charge is 0.381 e. The number of rotatable bonds is 2. The van der Waals surface area contributed by atoms with Gasteiger partial charge in [0.05, 0.1) is 5.69 Å². The summed E-state index contributed by atoms with van der Waals surface area (Å²) in [5.41, 5.74) is -0.0230. The lowest BCUT2D eigenvalue weighted by Gasteiger charge is -2.34. The van der Waals surface area contributed by atoms with Crippen molar-refractivity contribution in [1.29, 1.82) is 0 Å². The summed E-state index contributed by atoms with van der Waals surface area (Å²) in [5.74, 6) is 0.592. The minimum atomic E-state index is -0.525. The SMILES string of the molecule is COC1(c2nc(C)c(Br)c(=O)[nH]2)CCOCC1. The number of aryl methyl sites for hydroxylation is 1. The lowest BCUT2D eigenvalue weighted by molar-refractivity contribution is -0.100. The molecule has 17 heavy (non-hydrogen) atoms. The molecule has 0 aliphatic carbocycles. The molecule has 1 saturated heterocycles. The molecule has 0 unspecified atom stereocenters. The van der Waals surface area contributed by atoms with Gasteiger partial charge >= 0.3 is 0 Å². The summed E-state index contributed by atoms with van der Waals surface area (Å²) >= 11 is 3.21. The Morgan fingerprint density at radius 3 is 2.65 bits per heavy atom. The molecule has 2 heterocycles. The Bertz CT molecular complexity index is 466. The van der Waals surface area contributed by atoms with E-state index < -0.39 is 5.60 Å². The fourth-order valence-electron chi connectivity index (χ4n) is 2.03. The second-order valence-corrected chi connectivity index (χ2v) is 4.92. The van der Waals surface area contributed by atoms with Crippen LogP contribution in [0, 0.1) is 6.92 Å². The minimum absolute atomic E-state index is 0.171. The van der Waals surface area contributed by atoms with E-state index in [9.17, 15) is 4.79 Å². The molecule has 0 radical (unpaired) electrons. The average molecular weight is 303 g/mol. The molecule has 0 aromatic carbocycles. The molecule has 1 aliphatic rings. The van der Waals surface area contributed by atoms with Crippen molar-refractivity contribution >= 4 is 15.9 Å². The number of hydrogen-bond acceptors (Lipinski definition) is 4. The van der Waals surface area contributed by atoms with E-state index in [1.54, 1.807) is 14.0 Å². The van der Waals surface area contributed by atoms with Crippen LogP contribution in [0.2, 0.25) is 0 Å². The van der Waals surface area contributed by atoms with Crippen LogP contribution in [0.15, 0.2) is 9.27 Å². The Morgan fingerprint density at radius 2 is 2.12 bits per heavy atom. The smallest absolute Gasteiger partial charge is 0.265 e. The fourth-order valence-corrected chi connectivity index (χ4v) is 2.21. The number of halogens is 1. The Kier molecular flexibility index (Phi) is 3.65. The quantitative estimate of drug-likeness (QED) is 0.899. The van der Waals surface area contributed by atoms with E-state index in [2.05, 4.69) is 25.9 Å². The molecule has 1 N–H and O–H groups in total. The third-order valence-corrected chi connectivity index (χ3v) is 4.09. The molecule has 1 aromatic heterocycles. The molecule has 5 nitrogen and oxygen atoms in total. The van der Waals surface area contributed by atoms with E-state index in [0.717, 1.165) is 0 Å². The van der Waals surface area contributed by atoms with Gasteiger partial charge in [0.2, 0.25) is 0 Å². The Hall–Kier alpha value is -0.720. The summed E-state index contributed by atoms with van der Waals surface area (Å²) in [6.07, 6.45) is 1.40. The minimum Gasteiger partial charge on any atom is -0.381 e. The molecule has 94 valence electrons. The van der Waals surface area contributed by atoms with Crippen molar-refractivity contribution in [2.24, 2.45) is 0 Å². The first-order valence-corrected chi connectivity index (χ1v) is 6.28. The molecule has 1 fully saturated rings. The van der Waals surface area contributed by atoms with Gasteiger partial charge in [-0.15, -0.1) is 0 Å². The third-order valence-electron chi connectivity index (χ3n) is 3.15. The summed E-state index contributed by atoms with van der Waals surface area (Å²) in [4.78, 5) is 18.9. The van der Waals surface area contributed by atoms with Gasteiger partial charge < -0.3 is 14.5 Å². The molecule has 6 heteroatoms. The number of aromatic nitrogens is 2. The van der Waals surface area contributed by atoms with Crippen LogP contribution in [0.1, 0.15) is 24.4 Å². The van der Waals surface area contributed by atoms with Gasteiger partial charge in [-0.1, -0.05) is 0 Å². The van der Waals surface area contributed by atoms with E-state index >= 15 is 0 Å². The molecule has 0 atom stereocenters. The van der Waals surface area contributed by atoms with Crippen LogP contribution in [0.3, 0.4) is 0 Å². The number of H-pyrrole nitrogens is 1. The highest BCUT2D eigenvalue weighted by Gasteiger charge is 2.37. The van der Waals surface area contributed by atoms with Gasteiger partial charge in [-0.05, 0) is 22.9 Å². The van der Waals surface area contributed by atoms with Crippen LogP contribution >= 0.6 is 15.9 Å². The highest BCUT2D eigenvalue weighted by atomic mass is 79.9. The van der Waals surface area contributed by atoms with Crippen molar-refractivity contribution in [3.05, 3.63) is 26.3 Å². The molecule has 1 aromatic rings. The van der Waals surface area contributed by atoms with Gasteiger partial charge in [-0.25, -0.2) is 4.98 Å². The van der Waals surface area contributed by atoms with E-state index in [1.807, 2.05) is 0 Å². The molecular formula is C11H15BrN2O3. The molecule has 1 aliphatic heterocycles. The molecule has 0 bridgehead atoms. The number of hydrogen-bond donors (Lipinski definition) is 1. The summed E-state index contributed by atoms with van der Waals surface area (Å²) in [6.45, 7) is 3.03. The number of nitrogens with zero attached hydrogens (tertiary/aromatic N) is 1. The van der Waals surface area contributed by atoms with Crippen LogP contribution in [0.25, 0.3) is 0 Å². The summed E-state index contributed by atoms with van der Waals surface area (Å²) < 4.78 is 11.4. The lowest BCUT2D eigenvalue weighted by atomic mass is 9.93. The van der Waals surface area contributed by atoms with Crippen LogP contribution in [-0.2, 0) is 15.1 Å². The summed E-state index contributed by atoms with van der Waals surface area (Å²) in [6, 6.07) is 0. The van der Waals surface area contributed by atoms with Crippen LogP contribution in [0.4, 0.5) is 0 Å². The van der Waals surface area contributed by atoms with E-state index in [1.165, 1.54) is 0 Å². The first-order chi connectivity index (χ1) is 8.09. The van der Waals surface area contributed by atoms with Gasteiger partial charge in [0, 0.05) is 33.2 Å². The maximum Gasteiger partial charge on any atom is 0.265 e. The van der Waals surface area contributed by atoms with Crippen LogP contribution in [0.5, 0.6) is 0 Å². The number of aromatic amines is 1. The van der Waals surface area contributed by atoms with Crippen molar-refractivity contribution in [3.8, 4) is 0 Å². The second-order valence-electron chi connectivity index (χ2n) is 4.12. The average Bonchev–Trinajstić information content (AvgIpc) is 2.36. The third kappa shape index (κ3) is 2.29. The van der Waals surface area contributed by atoms with Crippen LogP contribution in [-0.4, -0.2) is 30.3 Å². The van der Waals surface area contributed by atoms with Gasteiger partial charge in [-0.2, -0.15) is 0 Å². The first kappa shape index (κ1) is 12.7. The molecule has 0 amide bonds. The maximum absolute atomic E-state index is 11.7. The zero-order valence-electron chi connectivity index (χ0n) is 9.88. The second kappa shape index (κ2) is 4.88. The molecule has 0 saturated carbocycles. The number of methoxy groups -OCH3 is 1. The fraction of sp³-hybridized carbons (Fsp3) is 0.636. The van der Waals surface area contributed by atoms with E-state index in [-0.39, 0.29) is 5.56 Å². The predicted molar refractivity (Wildman–Crippen MR) is 66.0 cm³/mol. The highest BCUT2D eigenvalue weighted by Crippen LogP contribution is 2.33. The van der Waals surface area contributed by atoms with Gasteiger partial charge in [-0.3, -0.25) is 4.79 Å². The van der Waals surface area contributed by atoms with Crippen molar-refractivity contribution in [3.63, 3.8) is 0 Å². The van der Waals surface area contributed by atoms with E-state index in [4.69, 9.17) is 9.47 Å². The van der Waals surface area contributed by atoms with Gasteiger partial charge in [0.25, 0.3) is 5.56 Å². The van der Waals surface area contributed by atoms with Gasteiger partial charge in [0.1, 0.15) is 15.9 Å². The monoisotopic (exact) mass is 302 g/mol. The Balaban J connectivity index is 2.47. The Labute approximate surface area is 108 Å². The maximum atomic E-state index is 11.7. The lowest BCUT2D eigenvalue weighted by Crippen LogP contribution is -2.39. The molecule has 0 spiro atoms. The summed E-state index contributed by atoms with van der Waals surface area (Å²) in [7, 11) is 1.64. The van der Waals surface area contributed by atoms with Crippen molar-refractivity contribution in [2.45, 2.75) is 25.4 Å².